The highest BCUT2D eigenvalue weighted by Gasteiger charge is 2.23. The van der Waals surface area contributed by atoms with E-state index in [1.807, 2.05) is 0 Å². The molecule has 2 nitrogen and oxygen atoms in total. The SMILES string of the molecule is CC(O)(CF)c1cncc(Br)c1. The van der Waals surface area contributed by atoms with Crippen LogP contribution < -0.4 is 0 Å². The molecule has 1 atom stereocenters. The molecule has 1 aromatic heterocycles. The third-order valence-corrected chi connectivity index (χ3v) is 2.02. The van der Waals surface area contributed by atoms with Crippen LogP contribution in [0, 0.1) is 0 Å². The van der Waals surface area contributed by atoms with Crippen molar-refractivity contribution in [2.24, 2.45) is 0 Å². The van der Waals surface area contributed by atoms with E-state index in [-0.39, 0.29) is 0 Å². The van der Waals surface area contributed by atoms with Gasteiger partial charge in [0.25, 0.3) is 0 Å². The molecular formula is C8H9BrFNO. The minimum atomic E-state index is -1.43. The van der Waals surface area contributed by atoms with Gasteiger partial charge in [0, 0.05) is 22.4 Å². The van der Waals surface area contributed by atoms with Gasteiger partial charge in [-0.25, -0.2) is 4.39 Å². The highest BCUT2D eigenvalue weighted by molar-refractivity contribution is 9.10. The first kappa shape index (κ1) is 9.61. The van der Waals surface area contributed by atoms with Crippen LogP contribution in [0.4, 0.5) is 4.39 Å². The Labute approximate surface area is 78.6 Å². The summed E-state index contributed by atoms with van der Waals surface area (Å²) in [4.78, 5) is 3.82. The zero-order chi connectivity index (χ0) is 9.19. The second-order valence-electron chi connectivity index (χ2n) is 2.80. The van der Waals surface area contributed by atoms with E-state index in [2.05, 4.69) is 20.9 Å². The third-order valence-electron chi connectivity index (χ3n) is 1.59. The van der Waals surface area contributed by atoms with Crippen molar-refractivity contribution in [3.63, 3.8) is 0 Å². The predicted molar refractivity (Wildman–Crippen MR) is 47.5 cm³/mol. The first-order chi connectivity index (χ1) is 5.56. The molecule has 1 rings (SSSR count). The molecule has 12 heavy (non-hydrogen) atoms. The molecule has 4 heteroatoms. The van der Waals surface area contributed by atoms with E-state index in [9.17, 15) is 9.50 Å². The zero-order valence-corrected chi connectivity index (χ0v) is 8.18. The van der Waals surface area contributed by atoms with E-state index in [0.29, 0.717) is 5.56 Å². The van der Waals surface area contributed by atoms with E-state index in [4.69, 9.17) is 0 Å². The van der Waals surface area contributed by atoms with Crippen LogP contribution in [-0.2, 0) is 5.60 Å². The minimum absolute atomic E-state index is 0.472. The summed E-state index contributed by atoms with van der Waals surface area (Å²) in [5.41, 5.74) is -0.962. The fraction of sp³-hybridized carbons (Fsp3) is 0.375. The van der Waals surface area contributed by atoms with Crippen molar-refractivity contribution in [2.75, 3.05) is 6.67 Å². The van der Waals surface area contributed by atoms with E-state index < -0.39 is 12.3 Å². The van der Waals surface area contributed by atoms with Crippen LogP contribution >= 0.6 is 15.9 Å². The standard InChI is InChI=1S/C8H9BrFNO/c1-8(12,5-10)6-2-7(9)4-11-3-6/h2-4,12H,5H2,1H3. The van der Waals surface area contributed by atoms with Gasteiger partial charge in [0.05, 0.1) is 0 Å². The molecule has 0 bridgehead atoms. The smallest absolute Gasteiger partial charge is 0.122 e. The molecule has 0 saturated carbocycles. The Morgan fingerprint density at radius 2 is 2.33 bits per heavy atom. The van der Waals surface area contributed by atoms with Gasteiger partial charge >= 0.3 is 0 Å². The van der Waals surface area contributed by atoms with Crippen molar-refractivity contribution in [2.45, 2.75) is 12.5 Å². The number of rotatable bonds is 2. The number of aromatic nitrogens is 1. The van der Waals surface area contributed by atoms with Crippen molar-refractivity contribution >= 4 is 15.9 Å². The van der Waals surface area contributed by atoms with Crippen LogP contribution in [0.15, 0.2) is 22.9 Å². The molecule has 0 spiro atoms. The topological polar surface area (TPSA) is 33.1 Å². The van der Waals surface area contributed by atoms with E-state index in [0.717, 1.165) is 4.47 Å². The molecule has 0 saturated heterocycles. The first-order valence-corrected chi connectivity index (χ1v) is 4.25. The summed E-state index contributed by atoms with van der Waals surface area (Å²) in [5, 5.41) is 9.48. The maximum Gasteiger partial charge on any atom is 0.122 e. The molecule has 0 aliphatic carbocycles. The van der Waals surface area contributed by atoms with Crippen LogP contribution in [0.2, 0.25) is 0 Å². The highest BCUT2D eigenvalue weighted by Crippen LogP contribution is 2.22. The third kappa shape index (κ3) is 2.01. The van der Waals surface area contributed by atoms with E-state index in [1.165, 1.54) is 13.1 Å². The first-order valence-electron chi connectivity index (χ1n) is 3.45. The van der Waals surface area contributed by atoms with Gasteiger partial charge in [0.1, 0.15) is 12.3 Å². The van der Waals surface area contributed by atoms with Gasteiger partial charge in [-0.2, -0.15) is 0 Å². The highest BCUT2D eigenvalue weighted by atomic mass is 79.9. The van der Waals surface area contributed by atoms with Crippen molar-refractivity contribution in [1.29, 1.82) is 0 Å². The normalized spacial score (nSPS) is 15.7. The summed E-state index contributed by atoms with van der Waals surface area (Å²) < 4.78 is 13.0. The summed E-state index contributed by atoms with van der Waals surface area (Å²) in [7, 11) is 0. The molecule has 0 aliphatic rings. The van der Waals surface area contributed by atoms with Gasteiger partial charge in [0.15, 0.2) is 0 Å². The molecule has 0 radical (unpaired) electrons. The molecule has 0 aliphatic heterocycles. The molecule has 1 aromatic rings. The van der Waals surface area contributed by atoms with E-state index >= 15 is 0 Å². The number of hydrogen-bond acceptors (Lipinski definition) is 2. The summed E-state index contributed by atoms with van der Waals surface area (Å²) in [5.74, 6) is 0. The fourth-order valence-corrected chi connectivity index (χ4v) is 1.15. The van der Waals surface area contributed by atoms with Gasteiger partial charge in [0.2, 0.25) is 0 Å². The maximum atomic E-state index is 12.3. The predicted octanol–water partition coefficient (Wildman–Crippen LogP) is 2.02. The van der Waals surface area contributed by atoms with Crippen LogP contribution in [-0.4, -0.2) is 16.8 Å². The Balaban J connectivity index is 3.03. The van der Waals surface area contributed by atoms with Crippen molar-refractivity contribution in [1.82, 2.24) is 4.98 Å². The molecule has 0 fully saturated rings. The largest absolute Gasteiger partial charge is 0.383 e. The Kier molecular flexibility index (Phi) is 2.80. The lowest BCUT2D eigenvalue weighted by atomic mass is 10.00. The van der Waals surface area contributed by atoms with Crippen LogP contribution in [0.5, 0.6) is 0 Å². The average Bonchev–Trinajstić information content (AvgIpc) is 2.05. The molecule has 0 aromatic carbocycles. The fourth-order valence-electron chi connectivity index (χ4n) is 0.784. The van der Waals surface area contributed by atoms with Gasteiger partial charge in [-0.1, -0.05) is 0 Å². The number of hydrogen-bond donors (Lipinski definition) is 1. The quantitative estimate of drug-likeness (QED) is 0.849. The lowest BCUT2D eigenvalue weighted by Crippen LogP contribution is -2.23. The summed E-state index contributed by atoms with van der Waals surface area (Å²) in [6.45, 7) is 0.599. The van der Waals surface area contributed by atoms with Gasteiger partial charge in [-0.3, -0.25) is 4.98 Å². The number of nitrogens with zero attached hydrogens (tertiary/aromatic N) is 1. The number of halogens is 2. The zero-order valence-electron chi connectivity index (χ0n) is 6.59. The molecular weight excluding hydrogens is 225 g/mol. The minimum Gasteiger partial charge on any atom is -0.383 e. The number of pyridine rings is 1. The van der Waals surface area contributed by atoms with E-state index in [1.54, 1.807) is 12.3 Å². The van der Waals surface area contributed by atoms with Gasteiger partial charge < -0.3 is 5.11 Å². The second kappa shape index (κ2) is 3.49. The van der Waals surface area contributed by atoms with Crippen LogP contribution in [0.3, 0.4) is 0 Å². The Bertz CT molecular complexity index is 278. The lowest BCUT2D eigenvalue weighted by Gasteiger charge is -2.18. The Morgan fingerprint density at radius 1 is 1.67 bits per heavy atom. The summed E-state index contributed by atoms with van der Waals surface area (Å²) in [6.07, 6.45) is 3.03. The lowest BCUT2D eigenvalue weighted by molar-refractivity contribution is 0.0296. The van der Waals surface area contributed by atoms with Gasteiger partial charge in [-0.05, 0) is 28.9 Å². The maximum absolute atomic E-state index is 12.3. The summed E-state index contributed by atoms with van der Waals surface area (Å²) in [6, 6.07) is 1.65. The molecule has 1 N–H and O–H groups in total. The molecule has 0 amide bonds. The molecule has 1 heterocycles. The van der Waals surface area contributed by atoms with Gasteiger partial charge in [-0.15, -0.1) is 0 Å². The monoisotopic (exact) mass is 233 g/mol. The number of alkyl halides is 1. The van der Waals surface area contributed by atoms with Crippen molar-refractivity contribution < 1.29 is 9.50 Å². The number of aliphatic hydroxyl groups is 1. The van der Waals surface area contributed by atoms with Crippen LogP contribution in [0.25, 0.3) is 0 Å². The molecule has 1 unspecified atom stereocenters. The molecule has 66 valence electrons. The summed E-state index contributed by atoms with van der Waals surface area (Å²) >= 11 is 3.19. The Hall–Kier alpha value is -0.480. The van der Waals surface area contributed by atoms with Crippen LogP contribution in [0.1, 0.15) is 12.5 Å². The van der Waals surface area contributed by atoms with Crippen molar-refractivity contribution in [3.05, 3.63) is 28.5 Å². The van der Waals surface area contributed by atoms with Crippen molar-refractivity contribution in [3.8, 4) is 0 Å². The Morgan fingerprint density at radius 3 is 2.83 bits per heavy atom. The second-order valence-corrected chi connectivity index (χ2v) is 3.71. The average molecular weight is 234 g/mol.